The number of hydrogen-bond donors (Lipinski definition) is 1. The van der Waals surface area contributed by atoms with E-state index in [4.69, 9.17) is 0 Å². The van der Waals surface area contributed by atoms with Gasteiger partial charge in [0.05, 0.1) is 6.10 Å². The van der Waals surface area contributed by atoms with Crippen LogP contribution in [0.2, 0.25) is 0 Å². The highest BCUT2D eigenvalue weighted by Gasteiger charge is 2.24. The quantitative estimate of drug-likeness (QED) is 0.685. The lowest BCUT2D eigenvalue weighted by Crippen LogP contribution is -1.89. The van der Waals surface area contributed by atoms with Crippen LogP contribution < -0.4 is 0 Å². The molecular weight excluding hydrogens is 184 g/mol. The average molecular weight is 196 g/mol. The molecule has 1 N–H and O–H groups in total. The molecule has 0 bridgehead atoms. The Hall–Kier alpha value is -1.60. The predicted molar refractivity (Wildman–Crippen MR) is 62.6 cm³/mol. The molecule has 0 amide bonds. The first-order valence-corrected chi connectivity index (χ1v) is 5.15. The van der Waals surface area contributed by atoms with Crippen LogP contribution in [0.25, 0.3) is 16.3 Å². The van der Waals surface area contributed by atoms with Gasteiger partial charge in [-0.1, -0.05) is 43.0 Å². The third kappa shape index (κ3) is 1.13. The molecule has 1 unspecified atom stereocenters. The Balaban J connectivity index is 2.44. The monoisotopic (exact) mass is 196 g/mol. The topological polar surface area (TPSA) is 20.2 Å². The van der Waals surface area contributed by atoms with Crippen LogP contribution in [-0.4, -0.2) is 5.11 Å². The molecule has 0 saturated carbocycles. The molecule has 0 fully saturated rings. The van der Waals surface area contributed by atoms with Crippen molar-refractivity contribution in [3.63, 3.8) is 0 Å². The van der Waals surface area contributed by atoms with Gasteiger partial charge in [-0.2, -0.15) is 0 Å². The van der Waals surface area contributed by atoms with E-state index in [1.54, 1.807) is 0 Å². The fourth-order valence-electron chi connectivity index (χ4n) is 2.41. The van der Waals surface area contributed by atoms with Crippen molar-refractivity contribution < 1.29 is 5.11 Å². The Bertz CT molecular complexity index is 554. The molecule has 1 aliphatic carbocycles. The first-order chi connectivity index (χ1) is 7.27. The third-order valence-electron chi connectivity index (χ3n) is 3.11. The molecule has 1 atom stereocenters. The fourth-order valence-corrected chi connectivity index (χ4v) is 2.41. The van der Waals surface area contributed by atoms with E-state index in [1.807, 2.05) is 18.2 Å². The Morgan fingerprint density at radius 2 is 1.93 bits per heavy atom. The van der Waals surface area contributed by atoms with E-state index in [-0.39, 0.29) is 6.10 Å². The van der Waals surface area contributed by atoms with E-state index in [0.717, 1.165) is 16.7 Å². The Labute approximate surface area is 88.7 Å². The maximum atomic E-state index is 9.85. The molecule has 0 radical (unpaired) electrons. The SMILES string of the molecule is C=C1CC(O)c2ccc3ccccc3c21. The van der Waals surface area contributed by atoms with E-state index in [1.165, 1.54) is 10.8 Å². The van der Waals surface area contributed by atoms with Crippen molar-refractivity contribution in [2.75, 3.05) is 0 Å². The molecule has 3 rings (SSSR count). The largest absolute Gasteiger partial charge is 0.388 e. The van der Waals surface area contributed by atoms with Crippen LogP contribution in [-0.2, 0) is 0 Å². The second-order valence-corrected chi connectivity index (χ2v) is 4.07. The molecule has 1 aliphatic rings. The van der Waals surface area contributed by atoms with Crippen molar-refractivity contribution in [3.05, 3.63) is 54.1 Å². The lowest BCUT2D eigenvalue weighted by molar-refractivity contribution is 0.190. The molecule has 2 aromatic carbocycles. The van der Waals surface area contributed by atoms with Gasteiger partial charge in [0.2, 0.25) is 0 Å². The number of aliphatic hydroxyl groups excluding tert-OH is 1. The summed E-state index contributed by atoms with van der Waals surface area (Å²) >= 11 is 0. The number of hydrogen-bond acceptors (Lipinski definition) is 1. The zero-order valence-electron chi connectivity index (χ0n) is 8.40. The van der Waals surface area contributed by atoms with E-state index < -0.39 is 0 Å². The summed E-state index contributed by atoms with van der Waals surface area (Å²) in [7, 11) is 0. The molecule has 0 spiro atoms. The van der Waals surface area contributed by atoms with E-state index in [9.17, 15) is 5.11 Å². The molecule has 0 heterocycles. The van der Waals surface area contributed by atoms with Gasteiger partial charge in [0, 0.05) is 6.42 Å². The van der Waals surface area contributed by atoms with Crippen LogP contribution in [0, 0.1) is 0 Å². The average Bonchev–Trinajstić information content (AvgIpc) is 2.55. The van der Waals surface area contributed by atoms with Crippen molar-refractivity contribution in [2.45, 2.75) is 12.5 Å². The second-order valence-electron chi connectivity index (χ2n) is 4.07. The molecule has 0 aliphatic heterocycles. The lowest BCUT2D eigenvalue weighted by Gasteiger charge is -2.06. The highest BCUT2D eigenvalue weighted by molar-refractivity contribution is 5.96. The maximum Gasteiger partial charge on any atom is 0.0836 e. The van der Waals surface area contributed by atoms with Crippen LogP contribution in [0.5, 0.6) is 0 Å². The standard InChI is InChI=1S/C14H12O/c1-9-8-13(15)12-7-6-10-4-2-3-5-11(10)14(9)12/h2-7,13,15H,1,8H2. The van der Waals surface area contributed by atoms with Gasteiger partial charge in [-0.05, 0) is 27.5 Å². The van der Waals surface area contributed by atoms with Gasteiger partial charge in [-0.3, -0.25) is 0 Å². The number of benzene rings is 2. The smallest absolute Gasteiger partial charge is 0.0836 e. The summed E-state index contributed by atoms with van der Waals surface area (Å²) in [5.41, 5.74) is 3.23. The molecule has 1 nitrogen and oxygen atoms in total. The number of fused-ring (bicyclic) bond motifs is 3. The number of rotatable bonds is 0. The summed E-state index contributed by atoms with van der Waals surface area (Å²) < 4.78 is 0. The van der Waals surface area contributed by atoms with Crippen LogP contribution in [0.15, 0.2) is 43.0 Å². The minimum absolute atomic E-state index is 0.364. The van der Waals surface area contributed by atoms with Crippen LogP contribution >= 0.6 is 0 Å². The molecule has 0 saturated heterocycles. The maximum absolute atomic E-state index is 9.85. The minimum atomic E-state index is -0.364. The lowest BCUT2D eigenvalue weighted by atomic mass is 9.99. The van der Waals surface area contributed by atoms with Gasteiger partial charge >= 0.3 is 0 Å². The summed E-state index contributed by atoms with van der Waals surface area (Å²) in [6.07, 6.45) is 0.306. The number of aliphatic hydroxyl groups is 1. The van der Waals surface area contributed by atoms with Gasteiger partial charge in [-0.15, -0.1) is 0 Å². The molecule has 1 heteroatoms. The Kier molecular flexibility index (Phi) is 1.70. The fraction of sp³-hybridized carbons (Fsp3) is 0.143. The Morgan fingerprint density at radius 1 is 1.13 bits per heavy atom. The van der Waals surface area contributed by atoms with Gasteiger partial charge in [0.15, 0.2) is 0 Å². The summed E-state index contributed by atoms with van der Waals surface area (Å²) in [5, 5.41) is 12.3. The highest BCUT2D eigenvalue weighted by atomic mass is 16.3. The molecule has 2 aromatic rings. The molecular formula is C14H12O. The van der Waals surface area contributed by atoms with E-state index >= 15 is 0 Å². The predicted octanol–water partition coefficient (Wildman–Crippen LogP) is 3.29. The highest BCUT2D eigenvalue weighted by Crippen LogP contribution is 2.42. The first kappa shape index (κ1) is 8.69. The zero-order valence-corrected chi connectivity index (χ0v) is 8.40. The van der Waals surface area contributed by atoms with Crippen LogP contribution in [0.1, 0.15) is 23.7 Å². The summed E-state index contributed by atoms with van der Waals surface area (Å²) in [6, 6.07) is 12.3. The zero-order chi connectivity index (χ0) is 10.4. The summed E-state index contributed by atoms with van der Waals surface area (Å²) in [4.78, 5) is 0. The van der Waals surface area contributed by atoms with Crippen molar-refractivity contribution in [1.29, 1.82) is 0 Å². The first-order valence-electron chi connectivity index (χ1n) is 5.15. The van der Waals surface area contributed by atoms with Crippen molar-refractivity contribution >= 4 is 16.3 Å². The van der Waals surface area contributed by atoms with Crippen LogP contribution in [0.3, 0.4) is 0 Å². The van der Waals surface area contributed by atoms with Crippen molar-refractivity contribution in [2.24, 2.45) is 0 Å². The minimum Gasteiger partial charge on any atom is -0.388 e. The van der Waals surface area contributed by atoms with Crippen molar-refractivity contribution in [3.8, 4) is 0 Å². The summed E-state index contributed by atoms with van der Waals surface area (Å²) in [5.74, 6) is 0. The third-order valence-corrected chi connectivity index (χ3v) is 3.11. The normalized spacial score (nSPS) is 19.5. The van der Waals surface area contributed by atoms with Gasteiger partial charge in [-0.25, -0.2) is 0 Å². The van der Waals surface area contributed by atoms with Gasteiger partial charge < -0.3 is 5.11 Å². The summed E-state index contributed by atoms with van der Waals surface area (Å²) in [6.45, 7) is 4.04. The molecule has 15 heavy (non-hydrogen) atoms. The van der Waals surface area contributed by atoms with E-state index in [2.05, 4.69) is 24.8 Å². The van der Waals surface area contributed by atoms with Crippen LogP contribution in [0.4, 0.5) is 0 Å². The van der Waals surface area contributed by atoms with E-state index in [0.29, 0.717) is 6.42 Å². The van der Waals surface area contributed by atoms with Gasteiger partial charge in [0.1, 0.15) is 0 Å². The Morgan fingerprint density at radius 3 is 2.80 bits per heavy atom. The van der Waals surface area contributed by atoms with Gasteiger partial charge in [0.25, 0.3) is 0 Å². The molecule has 74 valence electrons. The molecule has 0 aromatic heterocycles. The second kappa shape index (κ2) is 2.94. The van der Waals surface area contributed by atoms with Crippen molar-refractivity contribution in [1.82, 2.24) is 0 Å².